The molecular formula is C32H37N3O6. The molecule has 0 unspecified atom stereocenters. The maximum absolute atomic E-state index is 13.7. The highest BCUT2D eigenvalue weighted by Gasteiger charge is 2.34. The number of nitrogens with zero attached hydrogens (tertiary/aromatic N) is 2. The fourth-order valence-electron chi connectivity index (χ4n) is 4.97. The molecule has 3 aromatic carbocycles. The van der Waals surface area contributed by atoms with Gasteiger partial charge in [-0.3, -0.25) is 14.5 Å². The second-order valence-corrected chi connectivity index (χ2v) is 10.7. The average Bonchev–Trinajstić information content (AvgIpc) is 2.95. The van der Waals surface area contributed by atoms with Gasteiger partial charge in [-0.15, -0.1) is 0 Å². The van der Waals surface area contributed by atoms with Crippen LogP contribution in [0.4, 0.5) is 5.69 Å². The van der Waals surface area contributed by atoms with Gasteiger partial charge in [0.1, 0.15) is 6.10 Å². The Kier molecular flexibility index (Phi) is 9.75. The molecule has 0 radical (unpaired) electrons. The molecule has 3 aromatic rings. The fourth-order valence-corrected chi connectivity index (χ4v) is 4.97. The van der Waals surface area contributed by atoms with E-state index >= 15 is 0 Å². The highest BCUT2D eigenvalue weighted by atomic mass is 16.5. The van der Waals surface area contributed by atoms with Crippen molar-refractivity contribution < 1.29 is 29.3 Å². The van der Waals surface area contributed by atoms with Gasteiger partial charge in [-0.1, -0.05) is 55.5 Å². The van der Waals surface area contributed by atoms with Crippen LogP contribution in [0.15, 0.2) is 72.8 Å². The summed E-state index contributed by atoms with van der Waals surface area (Å²) >= 11 is 0. The molecule has 0 aromatic heterocycles. The molecule has 3 atom stereocenters. The molecular weight excluding hydrogens is 522 g/mol. The molecule has 0 saturated carbocycles. The van der Waals surface area contributed by atoms with Crippen LogP contribution in [0.1, 0.15) is 45.7 Å². The number of hydrogen-bond acceptors (Lipinski definition) is 6. The second-order valence-electron chi connectivity index (χ2n) is 10.7. The number of hydrogen-bond donors (Lipinski definition) is 3. The molecule has 9 nitrogen and oxygen atoms in total. The standard InChI is InChI=1S/C32H37N3O6/c1-21-17-35(22(2)20-36)31(38)26-10-7-11-27(33-29(37)16-23-8-5-4-6-9-23)30(26)41-28(21)19-34(3)18-24-12-14-25(15-13-24)32(39)40/h4-15,21-22,28,36H,16-20H2,1-3H3,(H,33,37)(H,39,40)/t21-,22+,28+/m0/s1. The van der Waals surface area contributed by atoms with Gasteiger partial charge in [-0.2, -0.15) is 0 Å². The van der Waals surface area contributed by atoms with E-state index in [4.69, 9.17) is 4.74 Å². The Labute approximate surface area is 240 Å². The second kappa shape index (κ2) is 13.4. The van der Waals surface area contributed by atoms with Crippen LogP contribution in [0.2, 0.25) is 0 Å². The fraction of sp³-hybridized carbons (Fsp3) is 0.344. The van der Waals surface area contributed by atoms with Gasteiger partial charge < -0.3 is 25.2 Å². The van der Waals surface area contributed by atoms with E-state index in [0.717, 1.165) is 11.1 Å². The van der Waals surface area contributed by atoms with Gasteiger partial charge >= 0.3 is 5.97 Å². The van der Waals surface area contributed by atoms with Crippen molar-refractivity contribution in [2.45, 2.75) is 39.0 Å². The van der Waals surface area contributed by atoms with E-state index in [0.29, 0.717) is 36.6 Å². The summed E-state index contributed by atoms with van der Waals surface area (Å²) in [6, 6.07) is 20.9. The molecule has 1 heterocycles. The van der Waals surface area contributed by atoms with Gasteiger partial charge in [0.25, 0.3) is 5.91 Å². The number of carbonyl (C=O) groups is 3. The molecule has 1 aliphatic heterocycles. The summed E-state index contributed by atoms with van der Waals surface area (Å²) in [5.41, 5.74) is 2.80. The van der Waals surface area contributed by atoms with Crippen LogP contribution in [0.25, 0.3) is 0 Å². The van der Waals surface area contributed by atoms with E-state index in [1.807, 2.05) is 44.3 Å². The maximum atomic E-state index is 13.7. The monoisotopic (exact) mass is 559 g/mol. The summed E-state index contributed by atoms with van der Waals surface area (Å²) in [7, 11) is 1.95. The number of aliphatic hydroxyl groups excluding tert-OH is 1. The number of carbonyl (C=O) groups excluding carboxylic acids is 2. The summed E-state index contributed by atoms with van der Waals surface area (Å²) < 4.78 is 6.58. The molecule has 0 spiro atoms. The van der Waals surface area contributed by atoms with Crippen molar-refractivity contribution >= 4 is 23.5 Å². The molecule has 9 heteroatoms. The normalized spacial score (nSPS) is 17.7. The van der Waals surface area contributed by atoms with E-state index in [2.05, 4.69) is 10.2 Å². The van der Waals surface area contributed by atoms with E-state index in [1.165, 1.54) is 0 Å². The minimum absolute atomic E-state index is 0.106. The molecule has 4 rings (SSSR count). The van der Waals surface area contributed by atoms with Gasteiger partial charge in [0.05, 0.1) is 35.9 Å². The predicted octanol–water partition coefficient (Wildman–Crippen LogP) is 3.92. The Morgan fingerprint density at radius 2 is 1.76 bits per heavy atom. The molecule has 216 valence electrons. The number of likely N-dealkylation sites (N-methyl/N-ethyl adjacent to an activating group) is 1. The first-order chi connectivity index (χ1) is 19.7. The molecule has 0 saturated heterocycles. The first-order valence-electron chi connectivity index (χ1n) is 13.7. The summed E-state index contributed by atoms with van der Waals surface area (Å²) in [5.74, 6) is -1.26. The number of rotatable bonds is 10. The zero-order chi connectivity index (χ0) is 29.5. The van der Waals surface area contributed by atoms with Crippen LogP contribution in [-0.4, -0.2) is 76.7 Å². The zero-order valence-corrected chi connectivity index (χ0v) is 23.6. The first kappa shape index (κ1) is 29.8. The quantitative estimate of drug-likeness (QED) is 0.345. The number of nitrogens with one attached hydrogen (secondary N) is 1. The third-order valence-corrected chi connectivity index (χ3v) is 7.32. The topological polar surface area (TPSA) is 119 Å². The van der Waals surface area contributed by atoms with E-state index < -0.39 is 12.0 Å². The molecule has 41 heavy (non-hydrogen) atoms. The van der Waals surface area contributed by atoms with Crippen molar-refractivity contribution in [1.29, 1.82) is 0 Å². The Morgan fingerprint density at radius 3 is 2.41 bits per heavy atom. The zero-order valence-electron chi connectivity index (χ0n) is 23.6. The van der Waals surface area contributed by atoms with Crippen molar-refractivity contribution in [3.05, 3.63) is 95.1 Å². The summed E-state index contributed by atoms with van der Waals surface area (Å²) in [4.78, 5) is 41.6. The predicted molar refractivity (Wildman–Crippen MR) is 156 cm³/mol. The number of aliphatic hydroxyl groups is 1. The number of para-hydroxylation sites is 1. The molecule has 0 bridgehead atoms. The molecule has 0 fully saturated rings. The smallest absolute Gasteiger partial charge is 0.335 e. The minimum atomic E-state index is -0.969. The van der Waals surface area contributed by atoms with Crippen molar-refractivity contribution in [3.8, 4) is 5.75 Å². The number of amides is 2. The number of benzene rings is 3. The van der Waals surface area contributed by atoms with E-state index in [-0.39, 0.29) is 42.4 Å². The summed E-state index contributed by atoms with van der Waals surface area (Å²) in [6.07, 6.45) is -0.180. The lowest BCUT2D eigenvalue weighted by Crippen LogP contribution is -2.49. The van der Waals surface area contributed by atoms with Gasteiger partial charge in [-0.05, 0) is 49.4 Å². The summed E-state index contributed by atoms with van der Waals surface area (Å²) in [6.45, 7) is 5.08. The average molecular weight is 560 g/mol. The van der Waals surface area contributed by atoms with E-state index in [9.17, 15) is 24.6 Å². The third kappa shape index (κ3) is 7.50. The van der Waals surface area contributed by atoms with Crippen LogP contribution >= 0.6 is 0 Å². The highest BCUT2D eigenvalue weighted by molar-refractivity contribution is 6.02. The number of anilines is 1. The Bertz CT molecular complexity index is 1360. The van der Waals surface area contributed by atoms with Crippen molar-refractivity contribution in [1.82, 2.24) is 9.80 Å². The molecule has 1 aliphatic rings. The van der Waals surface area contributed by atoms with Gasteiger partial charge in [0.15, 0.2) is 5.75 Å². The van der Waals surface area contributed by atoms with Gasteiger partial charge in [-0.25, -0.2) is 4.79 Å². The van der Waals surface area contributed by atoms with Crippen LogP contribution in [0.3, 0.4) is 0 Å². The Morgan fingerprint density at radius 1 is 1.05 bits per heavy atom. The Balaban J connectivity index is 1.60. The lowest BCUT2D eigenvalue weighted by atomic mass is 9.98. The minimum Gasteiger partial charge on any atom is -0.486 e. The van der Waals surface area contributed by atoms with Crippen molar-refractivity contribution in [2.24, 2.45) is 5.92 Å². The van der Waals surface area contributed by atoms with Gasteiger partial charge in [0, 0.05) is 25.6 Å². The van der Waals surface area contributed by atoms with Crippen LogP contribution < -0.4 is 10.1 Å². The number of ether oxygens (including phenoxy) is 1. The number of fused-ring (bicyclic) bond motifs is 1. The number of carboxylic acids is 1. The van der Waals surface area contributed by atoms with Gasteiger partial charge in [0.2, 0.25) is 5.91 Å². The summed E-state index contributed by atoms with van der Waals surface area (Å²) in [5, 5.41) is 22.0. The third-order valence-electron chi connectivity index (χ3n) is 7.32. The molecule has 2 amide bonds. The molecule has 3 N–H and O–H groups in total. The Hall–Kier alpha value is -4.21. The van der Waals surface area contributed by atoms with E-state index in [1.54, 1.807) is 54.3 Å². The highest BCUT2D eigenvalue weighted by Crippen LogP contribution is 2.35. The molecule has 0 aliphatic carbocycles. The van der Waals surface area contributed by atoms with Crippen molar-refractivity contribution in [2.75, 3.05) is 32.1 Å². The SMILES string of the molecule is C[C@H](CO)N1C[C@H](C)[C@@H](CN(C)Cc2ccc(C(=O)O)cc2)Oc2c(NC(=O)Cc3ccccc3)cccc2C1=O. The van der Waals surface area contributed by atoms with Crippen molar-refractivity contribution in [3.63, 3.8) is 0 Å². The van der Waals surface area contributed by atoms with Crippen LogP contribution in [0, 0.1) is 5.92 Å². The number of aromatic carboxylic acids is 1. The lowest BCUT2D eigenvalue weighted by Gasteiger charge is -2.38. The largest absolute Gasteiger partial charge is 0.486 e. The lowest BCUT2D eigenvalue weighted by molar-refractivity contribution is -0.115. The van der Waals surface area contributed by atoms with Crippen LogP contribution in [0.5, 0.6) is 5.75 Å². The number of carboxylic acid groups (broad SMARTS) is 1. The maximum Gasteiger partial charge on any atom is 0.335 e. The first-order valence-corrected chi connectivity index (χ1v) is 13.7. The van der Waals surface area contributed by atoms with Crippen LogP contribution in [-0.2, 0) is 17.8 Å².